The van der Waals surface area contributed by atoms with Gasteiger partial charge in [-0.2, -0.15) is 5.26 Å². The Bertz CT molecular complexity index is 1230. The molecular weight excluding hydrogens is 602 g/mol. The molecule has 162 valence electrons. The molecule has 32 heavy (non-hydrogen) atoms. The molecule has 0 aliphatic carbocycles. The number of hydrogen-bond acceptors (Lipinski definition) is 3. The maximum absolute atomic E-state index is 12.5. The molecule has 4 nitrogen and oxygen atoms in total. The van der Waals surface area contributed by atoms with Gasteiger partial charge in [-0.3, -0.25) is 4.79 Å². The first kappa shape index (κ1) is 24.6. The van der Waals surface area contributed by atoms with Gasteiger partial charge in [0.05, 0.1) is 19.5 Å². The molecule has 0 saturated heterocycles. The Morgan fingerprint density at radius 3 is 2.47 bits per heavy atom. The van der Waals surface area contributed by atoms with E-state index in [1.54, 1.807) is 48.5 Å². The summed E-state index contributed by atoms with van der Waals surface area (Å²) in [6, 6.07) is 17.5. The van der Waals surface area contributed by atoms with Crippen LogP contribution in [0, 0.1) is 11.3 Å². The van der Waals surface area contributed by atoms with Gasteiger partial charge in [-0.05, 0) is 75.6 Å². The average Bonchev–Trinajstić information content (AvgIpc) is 2.73. The van der Waals surface area contributed by atoms with Crippen LogP contribution in [0.4, 0.5) is 5.69 Å². The average molecular weight is 616 g/mol. The molecule has 0 unspecified atom stereocenters. The molecule has 3 aromatic carbocycles. The molecular formula is C23H13Br2Cl3N2O2. The standard InChI is InChI=1S/C23H13Br2Cl3N2O2/c24-16-2-1-3-17(10-16)30-23(31)15(11-29)6-14-7-18(25)22(21(28)9-14)32-12-13-4-5-19(26)20(27)8-13/h1-10H,12H2,(H,30,31)/b15-6-. The number of halogens is 5. The van der Waals surface area contributed by atoms with Crippen molar-refractivity contribution in [2.24, 2.45) is 0 Å². The van der Waals surface area contributed by atoms with Crippen molar-refractivity contribution in [3.63, 3.8) is 0 Å². The van der Waals surface area contributed by atoms with Crippen molar-refractivity contribution in [2.45, 2.75) is 6.61 Å². The SMILES string of the molecule is N#C/C(=C/c1cc(Cl)c(OCc2ccc(Cl)c(Cl)c2)c(Br)c1)C(=O)Nc1cccc(Br)c1. The van der Waals surface area contributed by atoms with Crippen molar-refractivity contribution in [1.29, 1.82) is 5.26 Å². The molecule has 0 heterocycles. The third-order valence-electron chi connectivity index (χ3n) is 4.15. The quantitative estimate of drug-likeness (QED) is 0.224. The van der Waals surface area contributed by atoms with Crippen LogP contribution in [0.5, 0.6) is 5.75 Å². The summed E-state index contributed by atoms with van der Waals surface area (Å²) in [6.45, 7) is 0.225. The maximum atomic E-state index is 12.5. The van der Waals surface area contributed by atoms with Crippen LogP contribution < -0.4 is 10.1 Å². The van der Waals surface area contributed by atoms with E-state index < -0.39 is 5.91 Å². The lowest BCUT2D eigenvalue weighted by molar-refractivity contribution is -0.112. The number of amides is 1. The van der Waals surface area contributed by atoms with Gasteiger partial charge in [0.25, 0.3) is 5.91 Å². The first-order valence-corrected chi connectivity index (χ1v) is 11.7. The fraction of sp³-hybridized carbons (Fsp3) is 0.0435. The highest BCUT2D eigenvalue weighted by Crippen LogP contribution is 2.36. The lowest BCUT2D eigenvalue weighted by Gasteiger charge is -2.12. The second kappa shape index (κ2) is 11.2. The molecule has 0 atom stereocenters. The Kier molecular flexibility index (Phi) is 8.64. The lowest BCUT2D eigenvalue weighted by Crippen LogP contribution is -2.13. The fourth-order valence-corrected chi connectivity index (χ4v) is 4.37. The van der Waals surface area contributed by atoms with Crippen molar-refractivity contribution in [3.05, 3.63) is 95.3 Å². The van der Waals surface area contributed by atoms with E-state index in [4.69, 9.17) is 39.5 Å². The van der Waals surface area contributed by atoms with E-state index >= 15 is 0 Å². The topological polar surface area (TPSA) is 62.1 Å². The van der Waals surface area contributed by atoms with Crippen LogP contribution >= 0.6 is 66.7 Å². The number of carbonyl (C=O) groups is 1. The number of nitrogens with zero attached hydrogens (tertiary/aromatic N) is 1. The minimum Gasteiger partial charge on any atom is -0.486 e. The Hall–Kier alpha value is -2.01. The molecule has 3 rings (SSSR count). The number of ether oxygens (including phenoxy) is 1. The Morgan fingerprint density at radius 2 is 1.81 bits per heavy atom. The molecule has 0 saturated carbocycles. The highest BCUT2D eigenvalue weighted by atomic mass is 79.9. The van der Waals surface area contributed by atoms with Crippen LogP contribution in [-0.4, -0.2) is 5.91 Å². The predicted molar refractivity (Wildman–Crippen MR) is 136 cm³/mol. The van der Waals surface area contributed by atoms with Gasteiger partial charge in [0.2, 0.25) is 0 Å². The summed E-state index contributed by atoms with van der Waals surface area (Å²) in [4.78, 5) is 12.5. The molecule has 0 fully saturated rings. The number of rotatable bonds is 6. The van der Waals surface area contributed by atoms with Crippen molar-refractivity contribution < 1.29 is 9.53 Å². The molecule has 0 radical (unpaired) electrons. The molecule has 0 aromatic heterocycles. The second-order valence-electron chi connectivity index (χ2n) is 6.49. The minimum atomic E-state index is -0.530. The fourth-order valence-electron chi connectivity index (χ4n) is 2.67. The summed E-state index contributed by atoms with van der Waals surface area (Å²) in [5, 5.41) is 13.4. The van der Waals surface area contributed by atoms with Crippen molar-refractivity contribution in [2.75, 3.05) is 5.32 Å². The largest absolute Gasteiger partial charge is 0.486 e. The molecule has 0 aliphatic rings. The van der Waals surface area contributed by atoms with Gasteiger partial charge >= 0.3 is 0 Å². The van der Waals surface area contributed by atoms with Crippen molar-refractivity contribution in [1.82, 2.24) is 0 Å². The number of hydrogen-bond donors (Lipinski definition) is 1. The number of carbonyl (C=O) groups excluding carboxylic acids is 1. The smallest absolute Gasteiger partial charge is 0.266 e. The molecule has 1 amide bonds. The van der Waals surface area contributed by atoms with E-state index in [1.165, 1.54) is 6.08 Å². The van der Waals surface area contributed by atoms with Crippen LogP contribution in [0.1, 0.15) is 11.1 Å². The lowest BCUT2D eigenvalue weighted by atomic mass is 10.1. The molecule has 1 N–H and O–H groups in total. The van der Waals surface area contributed by atoms with Crippen molar-refractivity contribution in [3.8, 4) is 11.8 Å². The normalized spacial score (nSPS) is 11.1. The number of benzene rings is 3. The van der Waals surface area contributed by atoms with Gasteiger partial charge in [-0.25, -0.2) is 0 Å². The maximum Gasteiger partial charge on any atom is 0.266 e. The number of anilines is 1. The van der Waals surface area contributed by atoms with E-state index in [9.17, 15) is 10.1 Å². The van der Waals surface area contributed by atoms with Gasteiger partial charge in [-0.15, -0.1) is 0 Å². The zero-order valence-electron chi connectivity index (χ0n) is 16.1. The molecule has 0 spiro atoms. The zero-order valence-corrected chi connectivity index (χ0v) is 21.6. The summed E-state index contributed by atoms with van der Waals surface area (Å²) in [5.74, 6) is -0.107. The monoisotopic (exact) mass is 612 g/mol. The van der Waals surface area contributed by atoms with Crippen molar-refractivity contribution >= 4 is 84.3 Å². The third-order valence-corrected chi connectivity index (χ3v) is 6.25. The Balaban J connectivity index is 1.77. The third kappa shape index (κ3) is 6.50. The molecule has 0 bridgehead atoms. The predicted octanol–water partition coefficient (Wildman–Crippen LogP) is 8.30. The van der Waals surface area contributed by atoms with E-state index in [0.29, 0.717) is 36.5 Å². The second-order valence-corrected chi connectivity index (χ2v) is 9.48. The number of nitriles is 1. The van der Waals surface area contributed by atoms with Crippen LogP contribution in [0.2, 0.25) is 15.1 Å². The van der Waals surface area contributed by atoms with E-state index in [0.717, 1.165) is 10.0 Å². The molecule has 3 aromatic rings. The summed E-state index contributed by atoms with van der Waals surface area (Å²) < 4.78 is 7.20. The van der Waals surface area contributed by atoms with E-state index in [2.05, 4.69) is 37.2 Å². The first-order valence-electron chi connectivity index (χ1n) is 9.01. The summed E-state index contributed by atoms with van der Waals surface area (Å²) >= 11 is 25.1. The summed E-state index contributed by atoms with van der Waals surface area (Å²) in [6.07, 6.45) is 1.45. The zero-order chi connectivity index (χ0) is 23.3. The van der Waals surface area contributed by atoms with Gasteiger partial charge in [-0.1, -0.05) is 62.9 Å². The Morgan fingerprint density at radius 1 is 1.03 bits per heavy atom. The Labute approximate surface area is 217 Å². The molecule has 0 aliphatic heterocycles. The van der Waals surface area contributed by atoms with Gasteiger partial charge in [0, 0.05) is 10.2 Å². The first-order chi connectivity index (χ1) is 15.3. The van der Waals surface area contributed by atoms with E-state index in [-0.39, 0.29) is 12.2 Å². The van der Waals surface area contributed by atoms with Crippen LogP contribution in [0.3, 0.4) is 0 Å². The van der Waals surface area contributed by atoms with Crippen LogP contribution in [-0.2, 0) is 11.4 Å². The van der Waals surface area contributed by atoms with Crippen LogP contribution in [0.25, 0.3) is 6.08 Å². The van der Waals surface area contributed by atoms with Gasteiger partial charge < -0.3 is 10.1 Å². The van der Waals surface area contributed by atoms with Crippen LogP contribution in [0.15, 0.2) is 69.1 Å². The molecule has 9 heteroatoms. The van der Waals surface area contributed by atoms with E-state index in [1.807, 2.05) is 12.1 Å². The minimum absolute atomic E-state index is 0.0718. The number of nitrogens with one attached hydrogen (secondary N) is 1. The summed E-state index contributed by atoms with van der Waals surface area (Å²) in [7, 11) is 0. The summed E-state index contributed by atoms with van der Waals surface area (Å²) in [5.41, 5.74) is 1.88. The highest BCUT2D eigenvalue weighted by Gasteiger charge is 2.13. The van der Waals surface area contributed by atoms with Gasteiger partial charge in [0.15, 0.2) is 5.75 Å². The van der Waals surface area contributed by atoms with Gasteiger partial charge in [0.1, 0.15) is 18.2 Å². The highest BCUT2D eigenvalue weighted by molar-refractivity contribution is 9.10.